The predicted molar refractivity (Wildman–Crippen MR) is 73.1 cm³/mol. The number of rotatable bonds is 5. The van der Waals surface area contributed by atoms with Gasteiger partial charge < -0.3 is 5.32 Å². The maximum atomic E-state index is 4.05. The van der Waals surface area contributed by atoms with E-state index in [0.29, 0.717) is 0 Å². The van der Waals surface area contributed by atoms with Crippen molar-refractivity contribution in [2.45, 2.75) is 12.3 Å². The molecule has 0 saturated heterocycles. The van der Waals surface area contributed by atoms with E-state index in [-0.39, 0.29) is 0 Å². The third kappa shape index (κ3) is 3.25. The minimum absolute atomic E-state index is 0.854. The average Bonchev–Trinajstić information content (AvgIpc) is 2.82. The highest BCUT2D eigenvalue weighted by Crippen LogP contribution is 2.15. The van der Waals surface area contributed by atoms with Gasteiger partial charge in [0.15, 0.2) is 0 Å². The summed E-state index contributed by atoms with van der Waals surface area (Å²) >= 11 is 3.52. The normalized spacial score (nSPS) is 10.3. The summed E-state index contributed by atoms with van der Waals surface area (Å²) in [5, 5.41) is 3.38. The van der Waals surface area contributed by atoms with Crippen molar-refractivity contribution in [1.82, 2.24) is 4.98 Å². The van der Waals surface area contributed by atoms with E-state index < -0.39 is 0 Å². The third-order valence-corrected chi connectivity index (χ3v) is 3.62. The Morgan fingerprint density at radius 1 is 1.31 bits per heavy atom. The van der Waals surface area contributed by atoms with Crippen LogP contribution in [0.3, 0.4) is 0 Å². The van der Waals surface area contributed by atoms with Gasteiger partial charge >= 0.3 is 0 Å². The van der Waals surface area contributed by atoms with Crippen molar-refractivity contribution >= 4 is 28.8 Å². The zero-order valence-electron chi connectivity index (χ0n) is 9.14. The van der Waals surface area contributed by atoms with Crippen molar-refractivity contribution in [2.75, 3.05) is 11.6 Å². The molecule has 0 fully saturated rings. The molecule has 2 rings (SSSR count). The van der Waals surface area contributed by atoms with Gasteiger partial charge in [-0.25, -0.2) is 0 Å². The van der Waals surface area contributed by atoms with Crippen molar-refractivity contribution in [2.24, 2.45) is 0 Å². The molecule has 0 aliphatic rings. The average molecular weight is 250 g/mol. The van der Waals surface area contributed by atoms with Gasteiger partial charge in [-0.3, -0.25) is 4.98 Å². The number of anilines is 1. The van der Waals surface area contributed by atoms with E-state index in [1.807, 2.05) is 23.5 Å². The van der Waals surface area contributed by atoms with Crippen LogP contribution in [-0.4, -0.2) is 11.2 Å². The fraction of sp³-hybridized carbons (Fsp3) is 0.250. The minimum atomic E-state index is 0.854. The number of nitrogens with one attached hydrogen (secondary N) is 1. The number of hydrogen-bond donors (Lipinski definition) is 1. The van der Waals surface area contributed by atoms with Crippen molar-refractivity contribution in [3.8, 4) is 0 Å². The minimum Gasteiger partial charge on any atom is -0.380 e. The molecule has 0 unspecified atom stereocenters. The molecular formula is C12H14N2S2. The first-order valence-corrected chi connectivity index (χ1v) is 7.35. The first-order chi connectivity index (χ1) is 7.88. The number of thiazole rings is 1. The highest BCUT2D eigenvalue weighted by atomic mass is 32.2. The molecule has 16 heavy (non-hydrogen) atoms. The molecule has 0 radical (unpaired) electrons. The second kappa shape index (κ2) is 5.92. The molecule has 2 nitrogen and oxygen atoms in total. The zero-order chi connectivity index (χ0) is 11.2. The fourth-order valence-electron chi connectivity index (χ4n) is 1.40. The van der Waals surface area contributed by atoms with E-state index in [9.17, 15) is 0 Å². The van der Waals surface area contributed by atoms with Gasteiger partial charge in [0.2, 0.25) is 0 Å². The molecule has 1 aromatic heterocycles. The molecule has 0 spiro atoms. The Morgan fingerprint density at radius 3 is 2.75 bits per heavy atom. The van der Waals surface area contributed by atoms with Crippen molar-refractivity contribution < 1.29 is 0 Å². The van der Waals surface area contributed by atoms with E-state index in [4.69, 9.17) is 0 Å². The number of nitrogens with zero attached hydrogens (tertiary/aromatic N) is 1. The Kier molecular flexibility index (Phi) is 4.25. The summed E-state index contributed by atoms with van der Waals surface area (Å²) in [6, 6.07) is 8.61. The van der Waals surface area contributed by atoms with Gasteiger partial charge in [0.1, 0.15) is 0 Å². The first-order valence-electron chi connectivity index (χ1n) is 5.07. The van der Waals surface area contributed by atoms with E-state index >= 15 is 0 Å². The summed E-state index contributed by atoms with van der Waals surface area (Å²) in [5.41, 5.74) is 4.40. The van der Waals surface area contributed by atoms with Crippen LogP contribution in [-0.2, 0) is 12.3 Å². The van der Waals surface area contributed by atoms with Crippen LogP contribution in [0.25, 0.3) is 0 Å². The van der Waals surface area contributed by atoms with Crippen LogP contribution < -0.4 is 5.32 Å². The van der Waals surface area contributed by atoms with Crippen molar-refractivity contribution in [1.29, 1.82) is 0 Å². The lowest BCUT2D eigenvalue weighted by Gasteiger charge is -2.05. The van der Waals surface area contributed by atoms with Gasteiger partial charge in [-0.05, 0) is 24.0 Å². The molecule has 1 aromatic carbocycles. The van der Waals surface area contributed by atoms with Gasteiger partial charge in [0.25, 0.3) is 0 Å². The van der Waals surface area contributed by atoms with Gasteiger partial charge in [0, 0.05) is 22.5 Å². The van der Waals surface area contributed by atoms with E-state index in [1.54, 1.807) is 11.3 Å². The molecule has 84 valence electrons. The second-order valence-electron chi connectivity index (χ2n) is 3.45. The number of hydrogen-bond acceptors (Lipinski definition) is 4. The lowest BCUT2D eigenvalue weighted by atomic mass is 10.2. The lowest BCUT2D eigenvalue weighted by molar-refractivity contribution is 1.17. The Labute approximate surface area is 104 Å². The van der Waals surface area contributed by atoms with Crippen LogP contribution in [0, 0.1) is 0 Å². The topological polar surface area (TPSA) is 24.9 Å². The molecule has 0 bridgehead atoms. The lowest BCUT2D eigenvalue weighted by Crippen LogP contribution is -1.97. The van der Waals surface area contributed by atoms with Gasteiger partial charge in [-0.15, -0.1) is 11.3 Å². The number of thioether (sulfide) groups is 1. The summed E-state index contributed by atoms with van der Waals surface area (Å²) in [6.07, 6.45) is 4.02. The number of aromatic nitrogens is 1. The Balaban J connectivity index is 1.90. The molecule has 0 aliphatic carbocycles. The van der Waals surface area contributed by atoms with Crippen LogP contribution in [0.15, 0.2) is 36.0 Å². The molecule has 0 amide bonds. The SMILES string of the molecule is CSCc1ccc(NCc2cncs2)cc1. The highest BCUT2D eigenvalue weighted by Gasteiger charge is 1.96. The monoisotopic (exact) mass is 250 g/mol. The van der Waals surface area contributed by atoms with E-state index in [1.165, 1.54) is 16.1 Å². The summed E-state index contributed by atoms with van der Waals surface area (Å²) < 4.78 is 0. The second-order valence-corrected chi connectivity index (χ2v) is 5.29. The van der Waals surface area contributed by atoms with Crippen LogP contribution in [0.2, 0.25) is 0 Å². The smallest absolute Gasteiger partial charge is 0.0794 e. The third-order valence-electron chi connectivity index (χ3n) is 2.22. The largest absolute Gasteiger partial charge is 0.380 e. The summed E-state index contributed by atoms with van der Waals surface area (Å²) in [5.74, 6) is 1.08. The van der Waals surface area contributed by atoms with Gasteiger partial charge in [-0.1, -0.05) is 12.1 Å². The van der Waals surface area contributed by atoms with Gasteiger partial charge in [0.05, 0.1) is 12.1 Å². The molecule has 0 saturated carbocycles. The zero-order valence-corrected chi connectivity index (χ0v) is 10.8. The Morgan fingerprint density at radius 2 is 2.12 bits per heavy atom. The molecule has 0 atom stereocenters. The predicted octanol–water partition coefficient (Wildman–Crippen LogP) is 3.62. The van der Waals surface area contributed by atoms with Crippen LogP contribution >= 0.6 is 23.1 Å². The maximum Gasteiger partial charge on any atom is 0.0794 e. The highest BCUT2D eigenvalue weighted by molar-refractivity contribution is 7.97. The van der Waals surface area contributed by atoms with Gasteiger partial charge in [-0.2, -0.15) is 11.8 Å². The molecular weight excluding hydrogens is 236 g/mol. The van der Waals surface area contributed by atoms with Crippen molar-refractivity contribution in [3.63, 3.8) is 0 Å². The molecule has 1 heterocycles. The van der Waals surface area contributed by atoms with Crippen LogP contribution in [0.5, 0.6) is 0 Å². The molecule has 1 N–H and O–H groups in total. The summed E-state index contributed by atoms with van der Waals surface area (Å²) in [6.45, 7) is 0.854. The summed E-state index contributed by atoms with van der Waals surface area (Å²) in [4.78, 5) is 5.31. The standard InChI is InChI=1S/C12H14N2S2/c1-15-8-10-2-4-11(5-3-10)14-7-12-6-13-9-16-12/h2-6,9,14H,7-8H2,1H3. The summed E-state index contributed by atoms with van der Waals surface area (Å²) in [7, 11) is 0. The fourth-order valence-corrected chi connectivity index (χ4v) is 2.46. The van der Waals surface area contributed by atoms with Crippen LogP contribution in [0.1, 0.15) is 10.4 Å². The Bertz CT molecular complexity index is 409. The van der Waals surface area contributed by atoms with Crippen molar-refractivity contribution in [3.05, 3.63) is 46.4 Å². The number of benzene rings is 1. The van der Waals surface area contributed by atoms with E-state index in [2.05, 4.69) is 40.8 Å². The molecule has 2 aromatic rings. The Hall–Kier alpha value is -1.00. The molecule has 0 aliphatic heterocycles. The maximum absolute atomic E-state index is 4.05. The molecule has 4 heteroatoms. The van der Waals surface area contributed by atoms with Crippen LogP contribution in [0.4, 0.5) is 5.69 Å². The quantitative estimate of drug-likeness (QED) is 0.877. The van der Waals surface area contributed by atoms with E-state index in [0.717, 1.165) is 12.3 Å². The first kappa shape index (κ1) is 11.5.